The highest BCUT2D eigenvalue weighted by atomic mass is 16.3. The molecule has 0 fully saturated rings. The third kappa shape index (κ3) is 3.10. The largest absolute Gasteiger partial charge is 0.386 e. The van der Waals surface area contributed by atoms with E-state index in [0.717, 1.165) is 5.56 Å². The van der Waals surface area contributed by atoms with E-state index in [4.69, 9.17) is 0 Å². The topological polar surface area (TPSA) is 40.5 Å². The molecule has 2 nitrogen and oxygen atoms in total. The van der Waals surface area contributed by atoms with Gasteiger partial charge in [0.2, 0.25) is 0 Å². The van der Waals surface area contributed by atoms with Gasteiger partial charge in [-0.05, 0) is 39.8 Å². The lowest BCUT2D eigenvalue weighted by atomic mass is 9.88. The second kappa shape index (κ2) is 4.29. The molecule has 16 heavy (non-hydrogen) atoms. The van der Waals surface area contributed by atoms with Crippen LogP contribution in [0.25, 0.3) is 0 Å². The van der Waals surface area contributed by atoms with Crippen LogP contribution in [0.3, 0.4) is 0 Å². The van der Waals surface area contributed by atoms with E-state index in [0.29, 0.717) is 0 Å². The first-order valence-electron chi connectivity index (χ1n) is 5.27. The Morgan fingerprint density at radius 2 is 1.50 bits per heavy atom. The van der Waals surface area contributed by atoms with E-state index in [1.54, 1.807) is 0 Å². The highest BCUT2D eigenvalue weighted by Gasteiger charge is 2.35. The summed E-state index contributed by atoms with van der Waals surface area (Å²) in [5.41, 5.74) is -0.669. The average Bonchev–Trinajstić information content (AvgIpc) is 2.15. The van der Waals surface area contributed by atoms with E-state index < -0.39 is 11.2 Å². The summed E-state index contributed by atoms with van der Waals surface area (Å²) in [5, 5.41) is 19.7. The lowest BCUT2D eigenvalue weighted by molar-refractivity contribution is -0.0820. The van der Waals surface area contributed by atoms with Crippen molar-refractivity contribution >= 4 is 0 Å². The molecule has 0 saturated carbocycles. The summed E-state index contributed by atoms with van der Waals surface area (Å²) in [6, 6.07) is 7.71. The van der Waals surface area contributed by atoms with Crippen molar-refractivity contribution in [2.24, 2.45) is 0 Å². The van der Waals surface area contributed by atoms with Gasteiger partial charge in [0.15, 0.2) is 5.60 Å². The molecule has 0 aliphatic carbocycles. The molecular formula is C14H18O2. The van der Waals surface area contributed by atoms with Crippen molar-refractivity contribution in [3.8, 4) is 11.8 Å². The maximum absolute atomic E-state index is 9.94. The van der Waals surface area contributed by atoms with Crippen LogP contribution in [0.5, 0.6) is 0 Å². The van der Waals surface area contributed by atoms with Crippen molar-refractivity contribution in [3.63, 3.8) is 0 Å². The van der Waals surface area contributed by atoms with Crippen LogP contribution in [0.4, 0.5) is 0 Å². The number of hydrogen-bond acceptors (Lipinski definition) is 2. The number of aryl methyl sites for hydroxylation is 1. The van der Waals surface area contributed by atoms with E-state index in [-0.39, 0.29) is 0 Å². The molecule has 0 radical (unpaired) electrons. The van der Waals surface area contributed by atoms with Gasteiger partial charge in [0.1, 0.15) is 0 Å². The lowest BCUT2D eigenvalue weighted by Gasteiger charge is -2.30. The van der Waals surface area contributed by atoms with E-state index in [1.807, 2.05) is 31.2 Å². The van der Waals surface area contributed by atoms with Crippen LogP contribution in [0, 0.1) is 18.8 Å². The molecule has 0 spiro atoms. The third-order valence-corrected chi connectivity index (χ3v) is 2.69. The first-order valence-corrected chi connectivity index (χ1v) is 5.27. The van der Waals surface area contributed by atoms with Gasteiger partial charge in [0.25, 0.3) is 0 Å². The molecule has 0 aliphatic rings. The zero-order valence-electron chi connectivity index (χ0n) is 10.2. The van der Waals surface area contributed by atoms with Crippen LogP contribution in [0.2, 0.25) is 0 Å². The van der Waals surface area contributed by atoms with Gasteiger partial charge in [-0.1, -0.05) is 29.5 Å². The molecule has 86 valence electrons. The average molecular weight is 218 g/mol. The molecule has 0 heterocycles. The van der Waals surface area contributed by atoms with Crippen molar-refractivity contribution in [1.82, 2.24) is 0 Å². The molecule has 1 aromatic carbocycles. The Morgan fingerprint density at radius 3 is 1.94 bits per heavy atom. The van der Waals surface area contributed by atoms with Crippen molar-refractivity contribution in [3.05, 3.63) is 35.4 Å². The molecule has 0 bridgehead atoms. The standard InChI is InChI=1S/C14H18O2/c1-11-5-7-12(8-6-11)9-10-14(4,16)13(2,3)15/h5-8,15-16H,1-4H3. The fourth-order valence-corrected chi connectivity index (χ4v) is 0.984. The molecule has 0 aromatic heterocycles. The zero-order chi connectivity index (χ0) is 12.4. The first kappa shape index (κ1) is 12.8. The van der Waals surface area contributed by atoms with Gasteiger partial charge in [0.05, 0.1) is 5.60 Å². The quantitative estimate of drug-likeness (QED) is 0.706. The molecule has 1 rings (SSSR count). The second-order valence-electron chi connectivity index (χ2n) is 4.75. The maximum atomic E-state index is 9.94. The fraction of sp³-hybridized carbons (Fsp3) is 0.429. The summed E-state index contributed by atoms with van der Waals surface area (Å²) in [6.45, 7) is 6.59. The summed E-state index contributed by atoms with van der Waals surface area (Å²) >= 11 is 0. The normalized spacial score (nSPS) is 14.9. The molecule has 1 unspecified atom stereocenters. The Balaban J connectivity index is 2.94. The first-order chi connectivity index (χ1) is 7.22. The van der Waals surface area contributed by atoms with Crippen molar-refractivity contribution in [2.75, 3.05) is 0 Å². The van der Waals surface area contributed by atoms with Crippen LogP contribution >= 0.6 is 0 Å². The summed E-state index contributed by atoms with van der Waals surface area (Å²) in [7, 11) is 0. The van der Waals surface area contributed by atoms with Gasteiger partial charge in [-0.15, -0.1) is 0 Å². The number of hydrogen-bond donors (Lipinski definition) is 2. The van der Waals surface area contributed by atoms with Crippen LogP contribution in [0.15, 0.2) is 24.3 Å². The predicted octanol–water partition coefficient (Wildman–Crippen LogP) is 1.87. The number of rotatable bonds is 1. The minimum Gasteiger partial charge on any atom is -0.386 e. The van der Waals surface area contributed by atoms with Crippen LogP contribution in [-0.4, -0.2) is 21.4 Å². The monoisotopic (exact) mass is 218 g/mol. The highest BCUT2D eigenvalue weighted by molar-refractivity contribution is 5.38. The second-order valence-corrected chi connectivity index (χ2v) is 4.75. The zero-order valence-corrected chi connectivity index (χ0v) is 10.2. The minimum atomic E-state index is -1.42. The fourth-order valence-electron chi connectivity index (χ4n) is 0.984. The molecule has 0 amide bonds. The van der Waals surface area contributed by atoms with Crippen LogP contribution < -0.4 is 0 Å². The smallest absolute Gasteiger partial charge is 0.150 e. The van der Waals surface area contributed by atoms with Gasteiger partial charge in [0, 0.05) is 5.56 Å². The van der Waals surface area contributed by atoms with E-state index in [9.17, 15) is 10.2 Å². The third-order valence-electron chi connectivity index (χ3n) is 2.69. The van der Waals surface area contributed by atoms with Crippen molar-refractivity contribution in [2.45, 2.75) is 38.9 Å². The molecule has 2 heteroatoms. The van der Waals surface area contributed by atoms with Crippen molar-refractivity contribution in [1.29, 1.82) is 0 Å². The summed E-state index contributed by atoms with van der Waals surface area (Å²) in [6.07, 6.45) is 0. The Labute approximate surface area is 96.9 Å². The van der Waals surface area contributed by atoms with Crippen LogP contribution in [0.1, 0.15) is 31.9 Å². The Morgan fingerprint density at radius 1 is 1.00 bits per heavy atom. The predicted molar refractivity (Wildman–Crippen MR) is 65.0 cm³/mol. The summed E-state index contributed by atoms with van der Waals surface area (Å²) < 4.78 is 0. The molecule has 0 aliphatic heterocycles. The molecule has 2 N–H and O–H groups in total. The highest BCUT2D eigenvalue weighted by Crippen LogP contribution is 2.20. The summed E-state index contributed by atoms with van der Waals surface area (Å²) in [5.74, 6) is 5.55. The van der Waals surface area contributed by atoms with Gasteiger partial charge in [-0.3, -0.25) is 0 Å². The van der Waals surface area contributed by atoms with E-state index in [1.165, 1.54) is 26.3 Å². The minimum absolute atomic E-state index is 0.829. The molecule has 0 saturated heterocycles. The SMILES string of the molecule is Cc1ccc(C#CC(C)(O)C(C)(C)O)cc1. The maximum Gasteiger partial charge on any atom is 0.150 e. The van der Waals surface area contributed by atoms with Crippen molar-refractivity contribution < 1.29 is 10.2 Å². The van der Waals surface area contributed by atoms with E-state index >= 15 is 0 Å². The summed E-state index contributed by atoms with van der Waals surface area (Å²) in [4.78, 5) is 0. The molecule has 1 atom stereocenters. The molecule has 1 aromatic rings. The van der Waals surface area contributed by atoms with Crippen LogP contribution in [-0.2, 0) is 0 Å². The Hall–Kier alpha value is -1.30. The van der Waals surface area contributed by atoms with E-state index in [2.05, 4.69) is 11.8 Å². The Bertz CT molecular complexity index is 411. The van der Waals surface area contributed by atoms with Gasteiger partial charge in [-0.25, -0.2) is 0 Å². The van der Waals surface area contributed by atoms with Gasteiger partial charge >= 0.3 is 0 Å². The number of aliphatic hydroxyl groups is 2. The van der Waals surface area contributed by atoms with Gasteiger partial charge < -0.3 is 10.2 Å². The lowest BCUT2D eigenvalue weighted by Crippen LogP contribution is -2.46. The number of benzene rings is 1. The molecular weight excluding hydrogens is 200 g/mol. The Kier molecular flexibility index (Phi) is 3.42. The van der Waals surface area contributed by atoms with Gasteiger partial charge in [-0.2, -0.15) is 0 Å².